The molecule has 2 aromatic carbocycles. The molecule has 0 radical (unpaired) electrons. The van der Waals surface area contributed by atoms with Gasteiger partial charge in [-0.05, 0) is 37.4 Å². The van der Waals surface area contributed by atoms with Crippen molar-refractivity contribution < 1.29 is 23.6 Å². The molecule has 30 heavy (non-hydrogen) atoms. The van der Waals surface area contributed by atoms with Crippen LogP contribution in [0, 0.1) is 6.92 Å². The van der Waals surface area contributed by atoms with Crippen molar-refractivity contribution in [3.63, 3.8) is 0 Å². The molecule has 7 nitrogen and oxygen atoms in total. The molecule has 1 amide bonds. The van der Waals surface area contributed by atoms with Crippen LogP contribution in [0.2, 0.25) is 0 Å². The predicted octanol–water partition coefficient (Wildman–Crippen LogP) is 1.05. The van der Waals surface area contributed by atoms with Crippen molar-refractivity contribution in [1.82, 2.24) is 5.32 Å². The number of amides is 1. The molecule has 1 fully saturated rings. The van der Waals surface area contributed by atoms with Crippen molar-refractivity contribution in [2.24, 2.45) is 0 Å². The molecule has 1 aliphatic heterocycles. The quantitative estimate of drug-likeness (QED) is 0.468. The van der Waals surface area contributed by atoms with Gasteiger partial charge >= 0.3 is 5.63 Å². The van der Waals surface area contributed by atoms with Gasteiger partial charge in [0.05, 0.1) is 31.7 Å². The van der Waals surface area contributed by atoms with Gasteiger partial charge in [-0.2, -0.15) is 0 Å². The molecular weight excluding hydrogens is 384 g/mol. The Morgan fingerprint density at radius 3 is 2.63 bits per heavy atom. The molecule has 2 heterocycles. The fourth-order valence-corrected chi connectivity index (χ4v) is 3.85. The highest BCUT2D eigenvalue weighted by molar-refractivity contribution is 6.05. The summed E-state index contributed by atoms with van der Waals surface area (Å²) in [5.74, 6) is 0.365. The monoisotopic (exact) mass is 411 g/mol. The van der Waals surface area contributed by atoms with Crippen LogP contribution in [-0.2, 0) is 9.53 Å². The van der Waals surface area contributed by atoms with E-state index in [0.717, 1.165) is 43.6 Å². The third-order valence-corrected chi connectivity index (χ3v) is 5.64. The number of fused-ring (bicyclic) bond motifs is 3. The van der Waals surface area contributed by atoms with E-state index in [0.29, 0.717) is 28.8 Å². The van der Waals surface area contributed by atoms with Crippen molar-refractivity contribution in [1.29, 1.82) is 0 Å². The summed E-state index contributed by atoms with van der Waals surface area (Å²) in [6.07, 6.45) is -0.659. The molecular formula is C23H27N2O5+. The number of hydrogen-bond acceptors (Lipinski definition) is 5. The van der Waals surface area contributed by atoms with Gasteiger partial charge in [0.1, 0.15) is 24.4 Å². The second kappa shape index (κ2) is 8.85. The first-order chi connectivity index (χ1) is 14.5. The Hall–Kier alpha value is -2.90. The zero-order chi connectivity index (χ0) is 21.1. The highest BCUT2D eigenvalue weighted by Gasteiger charge is 2.19. The molecule has 7 heteroatoms. The Balaban J connectivity index is 1.46. The molecule has 0 aliphatic carbocycles. The van der Waals surface area contributed by atoms with Gasteiger partial charge in [-0.25, -0.2) is 4.79 Å². The zero-order valence-electron chi connectivity index (χ0n) is 17.3. The number of carbonyl (C=O) groups excluding carboxylic acids is 1. The van der Waals surface area contributed by atoms with Crippen LogP contribution >= 0.6 is 0 Å². The summed E-state index contributed by atoms with van der Waals surface area (Å²) >= 11 is 0. The molecule has 0 saturated carbocycles. The summed E-state index contributed by atoms with van der Waals surface area (Å²) in [6, 6.07) is 11.1. The maximum absolute atomic E-state index is 12.4. The van der Waals surface area contributed by atoms with Gasteiger partial charge in [-0.1, -0.05) is 18.2 Å². The van der Waals surface area contributed by atoms with E-state index in [-0.39, 0.29) is 11.5 Å². The number of rotatable bonds is 6. The summed E-state index contributed by atoms with van der Waals surface area (Å²) in [6.45, 7) is 8.51. The molecule has 1 saturated heterocycles. The van der Waals surface area contributed by atoms with Crippen LogP contribution in [0.25, 0.3) is 21.7 Å². The van der Waals surface area contributed by atoms with Gasteiger partial charge in [0.15, 0.2) is 6.10 Å². The van der Waals surface area contributed by atoms with Gasteiger partial charge in [0.2, 0.25) is 0 Å². The lowest BCUT2D eigenvalue weighted by molar-refractivity contribution is -0.906. The number of quaternary nitrogens is 1. The highest BCUT2D eigenvalue weighted by Crippen LogP contribution is 2.31. The van der Waals surface area contributed by atoms with Crippen LogP contribution in [0.1, 0.15) is 12.5 Å². The normalized spacial score (nSPS) is 15.9. The SMILES string of the molecule is Cc1c(O[C@H](C)C(=O)NCC[NH+]2CCOCC2)ccc2c1oc(=O)c1ccccc12. The van der Waals surface area contributed by atoms with Crippen LogP contribution in [0.15, 0.2) is 45.6 Å². The molecule has 158 valence electrons. The summed E-state index contributed by atoms with van der Waals surface area (Å²) in [5, 5.41) is 5.18. The Morgan fingerprint density at radius 1 is 1.13 bits per heavy atom. The zero-order valence-corrected chi connectivity index (χ0v) is 17.3. The summed E-state index contributed by atoms with van der Waals surface area (Å²) in [7, 11) is 0. The predicted molar refractivity (Wildman–Crippen MR) is 114 cm³/mol. The lowest BCUT2D eigenvalue weighted by Crippen LogP contribution is -3.14. The molecule has 0 bridgehead atoms. The molecule has 1 aromatic heterocycles. The van der Waals surface area contributed by atoms with E-state index in [4.69, 9.17) is 13.9 Å². The van der Waals surface area contributed by atoms with Crippen LogP contribution < -0.4 is 20.6 Å². The van der Waals surface area contributed by atoms with Gasteiger partial charge < -0.3 is 24.1 Å². The van der Waals surface area contributed by atoms with E-state index in [1.807, 2.05) is 37.3 Å². The van der Waals surface area contributed by atoms with E-state index >= 15 is 0 Å². The van der Waals surface area contributed by atoms with E-state index in [9.17, 15) is 9.59 Å². The number of aryl methyl sites for hydroxylation is 1. The second-order valence-electron chi connectivity index (χ2n) is 7.66. The average Bonchev–Trinajstić information content (AvgIpc) is 2.77. The Labute approximate surface area is 174 Å². The van der Waals surface area contributed by atoms with Crippen molar-refractivity contribution in [2.75, 3.05) is 39.4 Å². The molecule has 0 unspecified atom stereocenters. The van der Waals surface area contributed by atoms with E-state index in [1.54, 1.807) is 13.0 Å². The number of ether oxygens (including phenoxy) is 2. The summed E-state index contributed by atoms with van der Waals surface area (Å²) in [4.78, 5) is 26.2. The number of morpholine rings is 1. The van der Waals surface area contributed by atoms with Gasteiger partial charge in [-0.15, -0.1) is 0 Å². The third kappa shape index (κ3) is 4.17. The van der Waals surface area contributed by atoms with E-state index < -0.39 is 6.10 Å². The topological polar surface area (TPSA) is 82.2 Å². The number of benzene rings is 2. The number of nitrogens with one attached hydrogen (secondary N) is 2. The average molecular weight is 411 g/mol. The molecule has 0 spiro atoms. The lowest BCUT2D eigenvalue weighted by Gasteiger charge is -2.24. The van der Waals surface area contributed by atoms with Crippen molar-refractivity contribution in [3.05, 3.63) is 52.4 Å². The first-order valence-corrected chi connectivity index (χ1v) is 10.4. The largest absolute Gasteiger partial charge is 0.480 e. The molecule has 2 N–H and O–H groups in total. The van der Waals surface area contributed by atoms with Gasteiger partial charge in [0.25, 0.3) is 5.91 Å². The van der Waals surface area contributed by atoms with Gasteiger partial charge in [-0.3, -0.25) is 4.79 Å². The van der Waals surface area contributed by atoms with Crippen LogP contribution in [-0.4, -0.2) is 51.4 Å². The highest BCUT2D eigenvalue weighted by atomic mass is 16.5. The molecule has 1 atom stereocenters. The maximum atomic E-state index is 12.4. The van der Waals surface area contributed by atoms with Crippen LogP contribution in [0.4, 0.5) is 0 Å². The van der Waals surface area contributed by atoms with Crippen LogP contribution in [0.5, 0.6) is 5.75 Å². The smallest absolute Gasteiger partial charge is 0.344 e. The van der Waals surface area contributed by atoms with Crippen molar-refractivity contribution >= 4 is 27.6 Å². The third-order valence-electron chi connectivity index (χ3n) is 5.64. The summed E-state index contributed by atoms with van der Waals surface area (Å²) in [5.41, 5.74) is 0.808. The van der Waals surface area contributed by atoms with E-state index in [2.05, 4.69) is 5.32 Å². The molecule has 4 rings (SSSR count). The first kappa shape index (κ1) is 20.4. The maximum Gasteiger partial charge on any atom is 0.344 e. The summed E-state index contributed by atoms with van der Waals surface area (Å²) < 4.78 is 16.8. The van der Waals surface area contributed by atoms with Crippen molar-refractivity contribution in [2.45, 2.75) is 20.0 Å². The van der Waals surface area contributed by atoms with Crippen molar-refractivity contribution in [3.8, 4) is 5.75 Å². The Bertz CT molecular complexity index is 1120. The standard InChI is InChI=1S/C23H26N2O5/c1-15-20(29-16(2)22(26)24-9-10-25-11-13-28-14-12-25)8-7-18-17-5-3-4-6-19(17)23(27)30-21(15)18/h3-8,16H,9-14H2,1-2H3,(H,24,26)/p+1/t16-/m1/s1. The number of hydrogen-bond donors (Lipinski definition) is 2. The molecule has 1 aliphatic rings. The minimum absolute atomic E-state index is 0.165. The molecule has 3 aromatic rings. The number of carbonyl (C=O) groups is 1. The second-order valence-corrected chi connectivity index (χ2v) is 7.66. The van der Waals surface area contributed by atoms with E-state index in [1.165, 1.54) is 4.90 Å². The fourth-order valence-electron chi connectivity index (χ4n) is 3.85. The Morgan fingerprint density at radius 2 is 1.87 bits per heavy atom. The lowest BCUT2D eigenvalue weighted by atomic mass is 10.0. The van der Waals surface area contributed by atoms with Crippen LogP contribution in [0.3, 0.4) is 0 Å². The minimum Gasteiger partial charge on any atom is -0.480 e. The van der Waals surface area contributed by atoms with Gasteiger partial charge in [0, 0.05) is 10.9 Å². The fraction of sp³-hybridized carbons (Fsp3) is 0.391. The minimum atomic E-state index is -0.659. The first-order valence-electron chi connectivity index (χ1n) is 10.4. The Kier molecular flexibility index (Phi) is 6.01.